The van der Waals surface area contributed by atoms with E-state index >= 15 is 4.39 Å². The molecule has 5 aromatic rings. The Bertz CT molecular complexity index is 1910. The molecular weight excluding hydrogens is 595 g/mol. The Morgan fingerprint density at radius 1 is 0.911 bits per heavy atom. The average Bonchev–Trinajstić information content (AvgIpc) is 3.52. The van der Waals surface area contributed by atoms with Crippen molar-refractivity contribution in [1.29, 1.82) is 0 Å². The summed E-state index contributed by atoms with van der Waals surface area (Å²) >= 11 is 0. The minimum atomic E-state index is -4.50. The van der Waals surface area contributed by atoms with Gasteiger partial charge in [0.15, 0.2) is 5.82 Å². The summed E-state index contributed by atoms with van der Waals surface area (Å²) in [7, 11) is 0. The molecule has 0 unspecified atom stereocenters. The predicted octanol–water partition coefficient (Wildman–Crippen LogP) is 7.12. The van der Waals surface area contributed by atoms with E-state index in [-0.39, 0.29) is 28.4 Å². The van der Waals surface area contributed by atoms with E-state index in [0.717, 1.165) is 12.1 Å². The van der Waals surface area contributed by atoms with Crippen molar-refractivity contribution in [2.75, 3.05) is 31.2 Å². The van der Waals surface area contributed by atoms with Gasteiger partial charge in [-0.3, -0.25) is 4.79 Å². The number of hydrogen-bond donors (Lipinski definition) is 0. The molecule has 1 fully saturated rings. The molecule has 45 heavy (non-hydrogen) atoms. The first-order chi connectivity index (χ1) is 21.3. The Kier molecular flexibility index (Phi) is 7.72. The van der Waals surface area contributed by atoms with Gasteiger partial charge in [-0.2, -0.15) is 18.2 Å². The van der Waals surface area contributed by atoms with Crippen LogP contribution in [-0.2, 0) is 16.3 Å². The maximum Gasteiger partial charge on any atom is 0.416 e. The molecule has 0 bridgehead atoms. The normalized spacial score (nSPS) is 15.1. The number of alkyl halides is 3. The van der Waals surface area contributed by atoms with Gasteiger partial charge in [0.2, 0.25) is 5.43 Å². The number of hydrogen-bond acceptors (Lipinski definition) is 6. The van der Waals surface area contributed by atoms with Gasteiger partial charge in [0, 0.05) is 24.7 Å². The Hall–Kier alpha value is -4.58. The molecule has 12 heteroatoms. The topological polar surface area (TPSA) is 73.4 Å². The van der Waals surface area contributed by atoms with Crippen molar-refractivity contribution in [2.24, 2.45) is 0 Å². The van der Waals surface area contributed by atoms with Crippen LogP contribution in [0.2, 0.25) is 0 Å². The molecule has 1 atom stereocenters. The van der Waals surface area contributed by atoms with Gasteiger partial charge in [-0.25, -0.2) is 8.78 Å². The summed E-state index contributed by atoms with van der Waals surface area (Å²) in [6.45, 7) is 7.15. The van der Waals surface area contributed by atoms with Crippen molar-refractivity contribution in [3.63, 3.8) is 0 Å². The Morgan fingerprint density at radius 3 is 2.20 bits per heavy atom. The van der Waals surface area contributed by atoms with Crippen LogP contribution < -0.4 is 10.3 Å². The summed E-state index contributed by atoms with van der Waals surface area (Å²) < 4.78 is 81.7. The maximum absolute atomic E-state index is 15.6. The average molecular weight is 625 g/mol. The van der Waals surface area contributed by atoms with Gasteiger partial charge in [-0.15, -0.1) is 0 Å². The van der Waals surface area contributed by atoms with E-state index in [1.54, 1.807) is 29.7 Å². The lowest BCUT2D eigenvalue weighted by atomic mass is 9.84. The van der Waals surface area contributed by atoms with Crippen molar-refractivity contribution < 1.29 is 31.2 Å². The van der Waals surface area contributed by atoms with Crippen LogP contribution in [0.1, 0.15) is 49.3 Å². The molecule has 234 valence electrons. The molecule has 0 N–H and O–H groups in total. The predicted molar refractivity (Wildman–Crippen MR) is 158 cm³/mol. The number of benzene rings is 3. The molecule has 0 spiro atoms. The molecule has 7 nitrogen and oxygen atoms in total. The maximum atomic E-state index is 15.6. The zero-order valence-electron chi connectivity index (χ0n) is 24.7. The zero-order valence-corrected chi connectivity index (χ0v) is 24.7. The summed E-state index contributed by atoms with van der Waals surface area (Å²) in [5.41, 5.74) is -0.268. The number of morpholine rings is 1. The molecule has 0 radical (unpaired) electrons. The molecule has 1 saturated heterocycles. The van der Waals surface area contributed by atoms with Gasteiger partial charge in [0.1, 0.15) is 17.2 Å². The fourth-order valence-electron chi connectivity index (χ4n) is 5.57. The number of rotatable bonds is 6. The lowest BCUT2D eigenvalue weighted by Gasteiger charge is -2.30. The van der Waals surface area contributed by atoms with Gasteiger partial charge < -0.3 is 18.7 Å². The summed E-state index contributed by atoms with van der Waals surface area (Å²) in [4.78, 5) is 20.2. The van der Waals surface area contributed by atoms with E-state index in [4.69, 9.17) is 9.26 Å². The molecule has 1 aliphatic heterocycles. The molecule has 0 saturated carbocycles. The number of nitrogens with zero attached hydrogens (tertiary/aromatic N) is 4. The molecule has 1 aliphatic rings. The van der Waals surface area contributed by atoms with Crippen molar-refractivity contribution in [3.05, 3.63) is 111 Å². The first kappa shape index (κ1) is 30.4. The monoisotopic (exact) mass is 624 g/mol. The second kappa shape index (κ2) is 11.4. The highest BCUT2D eigenvalue weighted by Gasteiger charge is 2.32. The van der Waals surface area contributed by atoms with Crippen LogP contribution in [0.3, 0.4) is 0 Å². The summed E-state index contributed by atoms with van der Waals surface area (Å²) in [5.74, 6) is -0.875. The van der Waals surface area contributed by atoms with Crippen molar-refractivity contribution in [3.8, 4) is 11.5 Å². The lowest BCUT2D eigenvalue weighted by Crippen LogP contribution is -2.36. The standard InChI is InChI=1S/C33H29F5N4O3/c1-19(20-4-6-22(7-5-20)33(36,37)38)42-18-25(30-39-31(40-45-30)32(2,3)21-8-10-23(34)11-9-21)29(43)24-16-26(35)28(17-27(24)42)41-12-14-44-15-13-41/h4-11,16-19H,12-15H2,1-3H3/t19-/m0/s1. The second-order valence-corrected chi connectivity index (χ2v) is 11.6. The van der Waals surface area contributed by atoms with Crippen LogP contribution >= 0.6 is 0 Å². The third kappa shape index (κ3) is 5.70. The second-order valence-electron chi connectivity index (χ2n) is 11.6. The fraction of sp³-hybridized carbons (Fsp3) is 0.303. The van der Waals surface area contributed by atoms with E-state index in [9.17, 15) is 22.4 Å². The number of halogens is 5. The van der Waals surface area contributed by atoms with Crippen molar-refractivity contribution in [2.45, 2.75) is 38.4 Å². The van der Waals surface area contributed by atoms with E-state index < -0.39 is 40.3 Å². The van der Waals surface area contributed by atoms with Gasteiger partial charge in [-0.05, 0) is 68.3 Å². The number of anilines is 1. The largest absolute Gasteiger partial charge is 0.416 e. The van der Waals surface area contributed by atoms with Gasteiger partial charge >= 0.3 is 6.18 Å². The summed E-state index contributed by atoms with van der Waals surface area (Å²) in [5, 5.41) is 4.16. The molecular formula is C33H29F5N4O3. The third-order valence-corrected chi connectivity index (χ3v) is 8.37. The summed E-state index contributed by atoms with van der Waals surface area (Å²) in [6.07, 6.45) is -2.99. The number of ether oxygens (including phenoxy) is 1. The molecule has 2 aromatic heterocycles. The van der Waals surface area contributed by atoms with E-state index in [0.29, 0.717) is 42.9 Å². The van der Waals surface area contributed by atoms with Crippen LogP contribution in [0.4, 0.5) is 27.6 Å². The first-order valence-electron chi connectivity index (χ1n) is 14.3. The van der Waals surface area contributed by atoms with E-state index in [2.05, 4.69) is 10.1 Å². The van der Waals surface area contributed by atoms with Gasteiger partial charge in [0.25, 0.3) is 5.89 Å². The number of pyridine rings is 1. The number of fused-ring (bicyclic) bond motifs is 1. The van der Waals surface area contributed by atoms with E-state index in [1.807, 2.05) is 18.7 Å². The molecule has 3 aromatic carbocycles. The smallest absolute Gasteiger partial charge is 0.378 e. The highest BCUT2D eigenvalue weighted by molar-refractivity contribution is 5.86. The molecule has 0 amide bonds. The van der Waals surface area contributed by atoms with Crippen LogP contribution in [0.15, 0.2) is 76.2 Å². The minimum absolute atomic E-state index is 0.00607. The lowest BCUT2D eigenvalue weighted by molar-refractivity contribution is -0.137. The molecule has 0 aliphatic carbocycles. The summed E-state index contributed by atoms with van der Waals surface area (Å²) in [6, 6.07) is 12.8. The molecule has 3 heterocycles. The minimum Gasteiger partial charge on any atom is -0.378 e. The first-order valence-corrected chi connectivity index (χ1v) is 14.3. The van der Waals surface area contributed by atoms with E-state index in [1.165, 1.54) is 36.5 Å². The van der Waals surface area contributed by atoms with Crippen molar-refractivity contribution >= 4 is 16.6 Å². The van der Waals surface area contributed by atoms with Crippen LogP contribution in [0.5, 0.6) is 0 Å². The van der Waals surface area contributed by atoms with Crippen LogP contribution in [0.25, 0.3) is 22.4 Å². The third-order valence-electron chi connectivity index (χ3n) is 8.37. The Labute approximate surface area is 254 Å². The molecule has 6 rings (SSSR count). The SMILES string of the molecule is C[C@@H](c1ccc(C(F)(F)F)cc1)n1cc(-c2nc(C(C)(C)c3ccc(F)cc3)no2)c(=O)c2cc(F)c(N3CCOCC3)cc21. The van der Waals surface area contributed by atoms with Gasteiger partial charge in [0.05, 0.1) is 41.4 Å². The highest BCUT2D eigenvalue weighted by Crippen LogP contribution is 2.35. The Balaban J connectivity index is 1.50. The zero-order chi connectivity index (χ0) is 32.1. The quantitative estimate of drug-likeness (QED) is 0.187. The van der Waals surface area contributed by atoms with Crippen LogP contribution in [0, 0.1) is 11.6 Å². The van der Waals surface area contributed by atoms with Gasteiger partial charge in [-0.1, -0.05) is 29.4 Å². The van der Waals surface area contributed by atoms with Crippen LogP contribution in [-0.4, -0.2) is 41.0 Å². The van der Waals surface area contributed by atoms with Crippen molar-refractivity contribution in [1.82, 2.24) is 14.7 Å². The highest BCUT2D eigenvalue weighted by atomic mass is 19.4. The Morgan fingerprint density at radius 2 is 1.56 bits per heavy atom. The fourth-order valence-corrected chi connectivity index (χ4v) is 5.57. The number of aromatic nitrogens is 3.